The summed E-state index contributed by atoms with van der Waals surface area (Å²) >= 11 is 0. The van der Waals surface area contributed by atoms with Crippen LogP contribution < -0.4 is 5.11 Å². The molecule has 0 aliphatic rings. The summed E-state index contributed by atoms with van der Waals surface area (Å²) in [4.78, 5) is 23.0. The smallest absolute Gasteiger partial charge is 0.186 e. The lowest BCUT2D eigenvalue weighted by Crippen LogP contribution is -2.49. The number of hydrogen-bond donors (Lipinski definition) is 1. The summed E-state index contributed by atoms with van der Waals surface area (Å²) in [6.45, 7) is -0.615. The van der Waals surface area contributed by atoms with Crippen molar-refractivity contribution in [3.8, 4) is 0 Å². The maximum Gasteiger partial charge on any atom is 0.186 e. The molecule has 0 amide bonds. The second-order valence-corrected chi connectivity index (χ2v) is 8.48. The third kappa shape index (κ3) is 18.4. The quantitative estimate of drug-likeness (QED) is 0.249. The molecule has 0 bridgehead atoms. The van der Waals surface area contributed by atoms with Gasteiger partial charge in [-0.15, -0.1) is 0 Å². The Bertz CT molecular complexity index is 525. The molecule has 0 saturated heterocycles. The van der Waals surface area contributed by atoms with Crippen LogP contribution in [0.15, 0.2) is 0 Å². The Balaban J connectivity index is 3.99. The van der Waals surface area contributed by atoms with Gasteiger partial charge in [0.25, 0.3) is 0 Å². The Morgan fingerprint density at radius 3 is 1.79 bits per heavy atom. The number of likely N-dealkylation sites (N-methyl/N-ethyl adjacent to an activating group) is 1. The van der Waals surface area contributed by atoms with Crippen molar-refractivity contribution >= 4 is 11.8 Å². The number of carbonyl (C=O) groups excluding carboxylic acids is 2. The van der Waals surface area contributed by atoms with E-state index >= 15 is 0 Å². The van der Waals surface area contributed by atoms with Crippen molar-refractivity contribution in [1.82, 2.24) is 0 Å². The van der Waals surface area contributed by atoms with Gasteiger partial charge in [-0.05, 0) is 6.42 Å². The van der Waals surface area contributed by atoms with E-state index < -0.39 is 29.5 Å². The lowest BCUT2D eigenvalue weighted by molar-refractivity contribution is -0.885. The molecule has 0 saturated carbocycles. The molecule has 1 N–H and O–H groups in total. The summed E-state index contributed by atoms with van der Waals surface area (Å²) in [6.07, 6.45) is 12.1. The van der Waals surface area contributed by atoms with Crippen LogP contribution in [-0.2, 0) is 9.59 Å². The zero-order valence-corrected chi connectivity index (χ0v) is 18.4. The first-order valence-corrected chi connectivity index (χ1v) is 11.1. The summed E-state index contributed by atoms with van der Waals surface area (Å²) in [6, 6.07) is 0. The van der Waals surface area contributed by atoms with E-state index in [1.165, 1.54) is 78.3 Å². The zero-order chi connectivity index (χ0) is 24.0. The maximum atomic E-state index is 12.3. The predicted molar refractivity (Wildman–Crippen MR) is 113 cm³/mol. The van der Waals surface area contributed by atoms with Crippen LogP contribution >= 0.6 is 0 Å². The summed E-state index contributed by atoms with van der Waals surface area (Å²) in [5.41, 5.74) is 0. The first-order chi connectivity index (χ1) is 14.4. The van der Waals surface area contributed by atoms with Gasteiger partial charge in [-0.2, -0.15) is 0 Å². The number of aliphatic hydroxyl groups is 1. The van der Waals surface area contributed by atoms with Gasteiger partial charge in [-0.1, -0.05) is 84.0 Å². The number of ketones is 1. The fraction of sp³-hybridized carbons (Fsp3) is 0.913. The molecule has 5 nitrogen and oxygen atoms in total. The number of aliphatic carboxylic acids is 1. The van der Waals surface area contributed by atoms with E-state index in [-0.39, 0.29) is 12.3 Å². The summed E-state index contributed by atoms with van der Waals surface area (Å²) < 4.78 is 23.2. The van der Waals surface area contributed by atoms with Gasteiger partial charge in [0.1, 0.15) is 19.1 Å². The van der Waals surface area contributed by atoms with Gasteiger partial charge >= 0.3 is 0 Å². The van der Waals surface area contributed by atoms with Crippen LogP contribution in [0.3, 0.4) is 0 Å². The molecule has 0 rings (SSSR count). The van der Waals surface area contributed by atoms with Crippen LogP contribution in [0.1, 0.15) is 107 Å². The minimum absolute atomic E-state index is 0.152. The van der Waals surface area contributed by atoms with E-state index in [1.54, 1.807) is 0 Å². The molecule has 0 aromatic carbocycles. The largest absolute Gasteiger partial charge is 0.550 e. The molecule has 0 heterocycles. The molecule has 0 aromatic heterocycles. The highest BCUT2D eigenvalue weighted by atomic mass is 16.4. The topological polar surface area (TPSA) is 77.4 Å². The predicted octanol–water partition coefficient (Wildman–Crippen LogP) is 3.61. The molecule has 0 aliphatic heterocycles. The van der Waals surface area contributed by atoms with E-state index in [2.05, 4.69) is 6.92 Å². The Labute approximate surface area is 177 Å². The zero-order valence-electron chi connectivity index (χ0n) is 21.4. The maximum absolute atomic E-state index is 12.3. The number of hydrogen-bond acceptors (Lipinski definition) is 4. The standard InChI is InChI=1S/C23H45NO4/c1-4-5-6-7-8-9-10-11-12-13-14-15-16-17-21(25)19-24(2,3)20-22(26)18-23(27)28/h22,26H,4-20H2,1-3H3/i20D2,22D. The lowest BCUT2D eigenvalue weighted by Gasteiger charge is -2.31. The van der Waals surface area contributed by atoms with Crippen molar-refractivity contribution in [2.75, 3.05) is 27.1 Å². The number of carboxylic acids is 1. The van der Waals surface area contributed by atoms with Gasteiger partial charge < -0.3 is 19.5 Å². The number of carbonyl (C=O) groups is 2. The Kier molecular flexibility index (Phi) is 13.2. The van der Waals surface area contributed by atoms with Crippen molar-refractivity contribution in [2.45, 2.75) is 109 Å². The highest BCUT2D eigenvalue weighted by Gasteiger charge is 2.23. The van der Waals surface area contributed by atoms with Crippen molar-refractivity contribution < 1.29 is 28.4 Å². The minimum atomic E-state index is -2.88. The van der Waals surface area contributed by atoms with Crippen LogP contribution in [-0.4, -0.2) is 54.6 Å². The molecule has 0 spiro atoms. The SMILES string of the molecule is [2H]C(O)(CC(=O)[O-])C([2H])([2H])[N+](C)(C)CC(=O)CCCCCCCCCCCCCCC. The molecule has 0 aliphatic carbocycles. The lowest BCUT2D eigenvalue weighted by atomic mass is 10.0. The fourth-order valence-corrected chi connectivity index (χ4v) is 3.43. The van der Waals surface area contributed by atoms with Gasteiger partial charge in [-0.3, -0.25) is 4.79 Å². The van der Waals surface area contributed by atoms with Crippen LogP contribution in [0.25, 0.3) is 0 Å². The van der Waals surface area contributed by atoms with Gasteiger partial charge in [0.05, 0.1) is 18.2 Å². The molecule has 0 aromatic rings. The van der Waals surface area contributed by atoms with E-state index in [4.69, 9.17) is 4.11 Å². The van der Waals surface area contributed by atoms with Crippen molar-refractivity contribution in [1.29, 1.82) is 0 Å². The highest BCUT2D eigenvalue weighted by Crippen LogP contribution is 2.13. The second kappa shape index (κ2) is 17.0. The summed E-state index contributed by atoms with van der Waals surface area (Å²) in [7, 11) is 2.77. The number of Topliss-reactive ketones (excluding diaryl/α,β-unsaturated/α-hetero) is 1. The molecule has 0 radical (unpaired) electrons. The molecular formula is C23H45NO4. The first-order valence-electron chi connectivity index (χ1n) is 12.6. The molecule has 0 fully saturated rings. The van der Waals surface area contributed by atoms with Crippen molar-refractivity contribution in [3.63, 3.8) is 0 Å². The normalized spacial score (nSPS) is 16.1. The summed E-state index contributed by atoms with van der Waals surface area (Å²) in [5, 5.41) is 20.7. The minimum Gasteiger partial charge on any atom is -0.550 e. The molecular weight excluding hydrogens is 354 g/mol. The molecule has 1 unspecified atom stereocenters. The van der Waals surface area contributed by atoms with E-state index in [9.17, 15) is 19.8 Å². The number of carboxylic acid groups (broad SMARTS) is 1. The third-order valence-electron chi connectivity index (χ3n) is 4.87. The summed E-state index contributed by atoms with van der Waals surface area (Å²) in [5.74, 6) is -1.86. The van der Waals surface area contributed by atoms with Gasteiger partial charge in [0.15, 0.2) is 5.78 Å². The van der Waals surface area contributed by atoms with E-state index in [0.717, 1.165) is 19.3 Å². The monoisotopic (exact) mass is 402 g/mol. The Morgan fingerprint density at radius 2 is 1.36 bits per heavy atom. The van der Waals surface area contributed by atoms with Gasteiger partial charge in [-0.25, -0.2) is 0 Å². The number of rotatable bonds is 20. The Morgan fingerprint density at radius 1 is 0.929 bits per heavy atom. The average molecular weight is 403 g/mol. The van der Waals surface area contributed by atoms with Crippen molar-refractivity contribution in [2.24, 2.45) is 0 Å². The second-order valence-electron chi connectivity index (χ2n) is 8.48. The molecule has 5 heteroatoms. The number of quaternary nitrogens is 1. The van der Waals surface area contributed by atoms with Gasteiger partial charge in [0, 0.05) is 18.8 Å². The number of unbranched alkanes of at least 4 members (excludes halogenated alkanes) is 12. The van der Waals surface area contributed by atoms with Crippen LogP contribution in [0.4, 0.5) is 0 Å². The molecule has 1 atom stereocenters. The first kappa shape index (κ1) is 21.8. The Hall–Kier alpha value is -0.940. The third-order valence-corrected chi connectivity index (χ3v) is 4.87. The van der Waals surface area contributed by atoms with E-state index in [0.29, 0.717) is 6.42 Å². The van der Waals surface area contributed by atoms with Crippen LogP contribution in [0.5, 0.6) is 0 Å². The van der Waals surface area contributed by atoms with E-state index in [1.807, 2.05) is 0 Å². The van der Waals surface area contributed by atoms with Crippen LogP contribution in [0.2, 0.25) is 0 Å². The number of nitrogens with zero attached hydrogens (tertiary/aromatic N) is 1. The highest BCUT2D eigenvalue weighted by molar-refractivity contribution is 5.79. The fourth-order valence-electron chi connectivity index (χ4n) is 3.43. The molecule has 28 heavy (non-hydrogen) atoms. The van der Waals surface area contributed by atoms with Crippen molar-refractivity contribution in [3.05, 3.63) is 0 Å². The average Bonchev–Trinajstić information content (AvgIpc) is 2.63. The van der Waals surface area contributed by atoms with Crippen LogP contribution in [0, 0.1) is 0 Å². The van der Waals surface area contributed by atoms with Gasteiger partial charge in [0.2, 0.25) is 0 Å². The molecule has 166 valence electrons.